The van der Waals surface area contributed by atoms with Crippen molar-refractivity contribution in [3.05, 3.63) is 83.4 Å². The van der Waals surface area contributed by atoms with Crippen LogP contribution in [-0.4, -0.2) is 33.9 Å². The van der Waals surface area contributed by atoms with Crippen molar-refractivity contribution >= 4 is 23.5 Å². The van der Waals surface area contributed by atoms with Crippen LogP contribution >= 0.6 is 0 Å². The van der Waals surface area contributed by atoms with Gasteiger partial charge in [0.05, 0.1) is 11.3 Å². The molecule has 8 heteroatoms. The number of nitrogens with zero attached hydrogens (tertiary/aromatic N) is 2. The number of hydrogen-bond acceptors (Lipinski definition) is 5. The SMILES string of the molecule is CC(=O)Nc1c(C)cccc1C(=O)OCC(=O)N[C@H](c1ccccc1)c1nccn1C. The molecule has 3 aromatic rings. The molecule has 2 amide bonds. The first-order valence-corrected chi connectivity index (χ1v) is 9.72. The lowest BCUT2D eigenvalue weighted by Crippen LogP contribution is -2.34. The minimum absolute atomic E-state index is 0.187. The zero-order valence-electron chi connectivity index (χ0n) is 17.6. The number of aromatic nitrogens is 2. The van der Waals surface area contributed by atoms with Crippen LogP contribution in [0.4, 0.5) is 5.69 Å². The summed E-state index contributed by atoms with van der Waals surface area (Å²) in [6, 6.07) is 13.9. The summed E-state index contributed by atoms with van der Waals surface area (Å²) in [6.07, 6.45) is 3.44. The zero-order chi connectivity index (χ0) is 22.4. The monoisotopic (exact) mass is 420 g/mol. The van der Waals surface area contributed by atoms with Gasteiger partial charge in [0.2, 0.25) is 5.91 Å². The van der Waals surface area contributed by atoms with Gasteiger partial charge < -0.3 is 19.9 Å². The molecule has 2 N–H and O–H groups in total. The molecule has 1 heterocycles. The molecule has 3 rings (SSSR count). The third kappa shape index (κ3) is 5.36. The van der Waals surface area contributed by atoms with Crippen molar-refractivity contribution in [2.75, 3.05) is 11.9 Å². The number of aryl methyl sites for hydroxylation is 2. The molecule has 2 aromatic carbocycles. The van der Waals surface area contributed by atoms with Gasteiger partial charge in [-0.2, -0.15) is 0 Å². The largest absolute Gasteiger partial charge is 0.452 e. The van der Waals surface area contributed by atoms with Gasteiger partial charge in [-0.1, -0.05) is 42.5 Å². The van der Waals surface area contributed by atoms with Gasteiger partial charge in [0, 0.05) is 26.4 Å². The number of rotatable bonds is 7. The van der Waals surface area contributed by atoms with Crippen LogP contribution in [0.5, 0.6) is 0 Å². The molecule has 0 aliphatic carbocycles. The van der Waals surface area contributed by atoms with Gasteiger partial charge in [-0.05, 0) is 24.1 Å². The lowest BCUT2D eigenvalue weighted by atomic mass is 10.1. The van der Waals surface area contributed by atoms with E-state index in [2.05, 4.69) is 15.6 Å². The Hall–Kier alpha value is -3.94. The molecule has 0 aliphatic rings. The Kier molecular flexibility index (Phi) is 6.81. The summed E-state index contributed by atoms with van der Waals surface area (Å²) >= 11 is 0. The highest BCUT2D eigenvalue weighted by molar-refractivity contribution is 6.02. The molecule has 0 aliphatic heterocycles. The number of ether oxygens (including phenoxy) is 1. The van der Waals surface area contributed by atoms with E-state index in [1.54, 1.807) is 37.5 Å². The maximum atomic E-state index is 12.6. The molecule has 0 unspecified atom stereocenters. The first kappa shape index (κ1) is 21.8. The zero-order valence-corrected chi connectivity index (χ0v) is 17.6. The summed E-state index contributed by atoms with van der Waals surface area (Å²) in [5.74, 6) is -0.825. The fourth-order valence-corrected chi connectivity index (χ4v) is 3.19. The molecule has 0 bridgehead atoms. The predicted octanol–water partition coefficient (Wildman–Crippen LogP) is 2.75. The normalized spacial score (nSPS) is 11.5. The summed E-state index contributed by atoms with van der Waals surface area (Å²) in [5, 5.41) is 5.51. The average molecular weight is 420 g/mol. The lowest BCUT2D eigenvalue weighted by Gasteiger charge is -2.19. The van der Waals surface area contributed by atoms with E-state index in [-0.39, 0.29) is 11.5 Å². The van der Waals surface area contributed by atoms with Gasteiger partial charge >= 0.3 is 5.97 Å². The Morgan fingerprint density at radius 2 is 1.84 bits per heavy atom. The average Bonchev–Trinajstić information content (AvgIpc) is 3.17. The van der Waals surface area contributed by atoms with Crippen LogP contribution in [0.25, 0.3) is 0 Å². The van der Waals surface area contributed by atoms with Crippen molar-refractivity contribution in [2.45, 2.75) is 19.9 Å². The van der Waals surface area contributed by atoms with Crippen molar-refractivity contribution in [2.24, 2.45) is 7.05 Å². The molecule has 8 nitrogen and oxygen atoms in total. The fraction of sp³-hybridized carbons (Fsp3) is 0.217. The molecular formula is C23H24N4O4. The standard InChI is InChI=1S/C23H24N4O4/c1-15-8-7-11-18(20(15)25-16(2)28)23(30)31-14-19(29)26-21(17-9-5-4-6-10-17)22-24-12-13-27(22)3/h4-13,21H,14H2,1-3H3,(H,25,28)(H,26,29)/t21-/m1/s1. The summed E-state index contributed by atoms with van der Waals surface area (Å²) in [6.45, 7) is 2.66. The van der Waals surface area contributed by atoms with Crippen molar-refractivity contribution in [1.82, 2.24) is 14.9 Å². The summed E-state index contributed by atoms with van der Waals surface area (Å²) < 4.78 is 7.04. The second-order valence-corrected chi connectivity index (χ2v) is 7.06. The molecule has 0 radical (unpaired) electrons. The lowest BCUT2D eigenvalue weighted by molar-refractivity contribution is -0.124. The van der Waals surface area contributed by atoms with Gasteiger partial charge in [0.1, 0.15) is 11.9 Å². The molecule has 0 fully saturated rings. The smallest absolute Gasteiger partial charge is 0.340 e. The van der Waals surface area contributed by atoms with Crippen LogP contribution in [0.2, 0.25) is 0 Å². The van der Waals surface area contributed by atoms with Crippen LogP contribution < -0.4 is 10.6 Å². The summed E-state index contributed by atoms with van der Waals surface area (Å²) in [7, 11) is 1.84. The van der Waals surface area contributed by atoms with Crippen LogP contribution in [0, 0.1) is 6.92 Å². The number of carbonyl (C=O) groups is 3. The predicted molar refractivity (Wildman–Crippen MR) is 115 cm³/mol. The number of carbonyl (C=O) groups excluding carboxylic acids is 3. The number of amides is 2. The van der Waals surface area contributed by atoms with Crippen LogP contribution in [-0.2, 0) is 21.4 Å². The van der Waals surface area contributed by atoms with Crippen molar-refractivity contribution in [1.29, 1.82) is 0 Å². The first-order valence-electron chi connectivity index (χ1n) is 9.72. The highest BCUT2D eigenvalue weighted by Crippen LogP contribution is 2.22. The molecule has 0 saturated heterocycles. The summed E-state index contributed by atoms with van der Waals surface area (Å²) in [4.78, 5) is 41.0. The minimum Gasteiger partial charge on any atom is -0.452 e. The fourth-order valence-electron chi connectivity index (χ4n) is 3.19. The van der Waals surface area contributed by atoms with Gasteiger partial charge in [-0.25, -0.2) is 9.78 Å². The maximum absolute atomic E-state index is 12.6. The van der Waals surface area contributed by atoms with Crippen molar-refractivity contribution in [3.8, 4) is 0 Å². The van der Waals surface area contributed by atoms with E-state index in [0.29, 0.717) is 17.1 Å². The molecule has 1 aromatic heterocycles. The molecular weight excluding hydrogens is 396 g/mol. The van der Waals surface area contributed by atoms with Crippen LogP contribution in [0.3, 0.4) is 0 Å². The van der Waals surface area contributed by atoms with E-state index in [0.717, 1.165) is 5.56 Å². The van der Waals surface area contributed by atoms with Gasteiger partial charge in [-0.15, -0.1) is 0 Å². The minimum atomic E-state index is -0.698. The van der Waals surface area contributed by atoms with E-state index in [4.69, 9.17) is 4.74 Å². The Bertz CT molecular complexity index is 1090. The molecule has 0 saturated carbocycles. The number of imidazole rings is 1. The highest BCUT2D eigenvalue weighted by Gasteiger charge is 2.22. The Morgan fingerprint density at radius 1 is 1.10 bits per heavy atom. The van der Waals surface area contributed by atoms with Crippen molar-refractivity contribution < 1.29 is 19.1 Å². The quantitative estimate of drug-likeness (QED) is 0.572. The second-order valence-electron chi connectivity index (χ2n) is 7.06. The molecule has 0 spiro atoms. The number of esters is 1. The van der Waals surface area contributed by atoms with Gasteiger partial charge in [-0.3, -0.25) is 9.59 Å². The van der Waals surface area contributed by atoms with Crippen LogP contribution in [0.1, 0.15) is 40.3 Å². The molecule has 160 valence electrons. The topological polar surface area (TPSA) is 102 Å². The number of hydrogen-bond donors (Lipinski definition) is 2. The van der Waals surface area contributed by atoms with Gasteiger partial charge in [0.15, 0.2) is 6.61 Å². The van der Waals surface area contributed by atoms with Crippen molar-refractivity contribution in [3.63, 3.8) is 0 Å². The van der Waals surface area contributed by atoms with E-state index in [1.807, 2.05) is 41.9 Å². The van der Waals surface area contributed by atoms with E-state index in [1.165, 1.54) is 6.92 Å². The van der Waals surface area contributed by atoms with Crippen LogP contribution in [0.15, 0.2) is 60.9 Å². The third-order valence-electron chi connectivity index (χ3n) is 4.68. The van der Waals surface area contributed by atoms with E-state index < -0.39 is 24.5 Å². The molecule has 1 atom stereocenters. The Morgan fingerprint density at radius 3 is 2.48 bits per heavy atom. The van der Waals surface area contributed by atoms with Gasteiger partial charge in [0.25, 0.3) is 5.91 Å². The van der Waals surface area contributed by atoms with E-state index >= 15 is 0 Å². The Labute approximate surface area is 180 Å². The Balaban J connectivity index is 1.72. The highest BCUT2D eigenvalue weighted by atomic mass is 16.5. The number of para-hydroxylation sites is 1. The third-order valence-corrected chi connectivity index (χ3v) is 4.68. The first-order chi connectivity index (χ1) is 14.9. The number of anilines is 1. The summed E-state index contributed by atoms with van der Waals surface area (Å²) in [5.41, 5.74) is 2.12. The number of nitrogens with one attached hydrogen (secondary N) is 2. The molecule has 31 heavy (non-hydrogen) atoms. The van der Waals surface area contributed by atoms with E-state index in [9.17, 15) is 14.4 Å². The second kappa shape index (κ2) is 9.71. The number of benzene rings is 2. The maximum Gasteiger partial charge on any atom is 0.340 e.